The van der Waals surface area contributed by atoms with E-state index in [0.29, 0.717) is 22.0 Å². The molecule has 0 saturated heterocycles. The molecule has 0 radical (unpaired) electrons. The molecule has 0 aromatic heterocycles. The first-order chi connectivity index (χ1) is 8.37. The molecule has 0 saturated carbocycles. The third-order valence-corrected chi connectivity index (χ3v) is 6.24. The molecule has 102 valence electrons. The normalized spacial score (nSPS) is 13.4. The van der Waals surface area contributed by atoms with E-state index in [1.165, 1.54) is 0 Å². The van der Waals surface area contributed by atoms with E-state index >= 15 is 0 Å². The van der Waals surface area contributed by atoms with Crippen LogP contribution in [0.1, 0.15) is 13.3 Å². The molecule has 0 fully saturated rings. The first-order valence-electron chi connectivity index (χ1n) is 5.50. The predicted molar refractivity (Wildman–Crippen MR) is 76.1 cm³/mol. The fraction of sp³-hybridized carbons (Fsp3) is 0.455. The van der Waals surface area contributed by atoms with Crippen LogP contribution in [0.2, 0.25) is 5.02 Å². The molecule has 0 aliphatic carbocycles. The molecule has 0 heterocycles. The van der Waals surface area contributed by atoms with Crippen LogP contribution in [0.5, 0.6) is 0 Å². The van der Waals surface area contributed by atoms with E-state index in [1.807, 2.05) is 0 Å². The Morgan fingerprint density at radius 1 is 1.39 bits per heavy atom. The standard InChI is InChI=1S/C11H16ClNO3S2/c1-2-18(15,16)8-4-7-17(14)11-9(12)5-3-6-10(11)13/h3,5-6H,2,4,7-8,13H2,1H3. The molecule has 2 N–H and O–H groups in total. The van der Waals surface area contributed by atoms with Gasteiger partial charge in [-0.25, -0.2) is 8.42 Å². The van der Waals surface area contributed by atoms with Gasteiger partial charge < -0.3 is 5.73 Å². The van der Waals surface area contributed by atoms with Crippen molar-refractivity contribution in [1.82, 2.24) is 0 Å². The molecule has 18 heavy (non-hydrogen) atoms. The first-order valence-corrected chi connectivity index (χ1v) is 9.02. The van der Waals surface area contributed by atoms with Crippen molar-refractivity contribution >= 4 is 37.9 Å². The lowest BCUT2D eigenvalue weighted by molar-refractivity contribution is 0.596. The highest BCUT2D eigenvalue weighted by Gasteiger charge is 2.14. The molecule has 1 aromatic rings. The van der Waals surface area contributed by atoms with Crippen LogP contribution in [0, 0.1) is 0 Å². The number of nitrogen functional groups attached to an aromatic ring is 1. The molecule has 0 aliphatic heterocycles. The minimum Gasteiger partial charge on any atom is -0.398 e. The number of rotatable bonds is 6. The number of halogens is 1. The van der Waals surface area contributed by atoms with E-state index in [1.54, 1.807) is 25.1 Å². The summed E-state index contributed by atoms with van der Waals surface area (Å²) in [7, 11) is -4.38. The summed E-state index contributed by atoms with van der Waals surface area (Å²) in [6.45, 7) is 1.60. The Bertz CT molecular complexity index is 523. The monoisotopic (exact) mass is 309 g/mol. The number of sulfone groups is 1. The van der Waals surface area contributed by atoms with Gasteiger partial charge in [0.25, 0.3) is 0 Å². The van der Waals surface area contributed by atoms with Crippen LogP contribution in [-0.4, -0.2) is 29.9 Å². The van der Waals surface area contributed by atoms with Gasteiger partial charge in [0.15, 0.2) is 0 Å². The van der Waals surface area contributed by atoms with Crippen LogP contribution in [0.25, 0.3) is 0 Å². The Morgan fingerprint density at radius 3 is 2.61 bits per heavy atom. The molecule has 7 heteroatoms. The van der Waals surface area contributed by atoms with Crippen molar-refractivity contribution in [3.8, 4) is 0 Å². The topological polar surface area (TPSA) is 77.2 Å². The molecule has 0 amide bonds. The van der Waals surface area contributed by atoms with E-state index in [4.69, 9.17) is 17.3 Å². The van der Waals surface area contributed by atoms with Crippen molar-refractivity contribution in [2.75, 3.05) is 23.0 Å². The Hall–Kier alpha value is -0.590. The molecule has 1 atom stereocenters. The second-order valence-corrected chi connectivity index (χ2v) is 8.19. The molecule has 1 unspecified atom stereocenters. The number of anilines is 1. The van der Waals surface area contributed by atoms with Crippen molar-refractivity contribution in [2.45, 2.75) is 18.2 Å². The van der Waals surface area contributed by atoms with Gasteiger partial charge in [-0.3, -0.25) is 4.21 Å². The summed E-state index contributed by atoms with van der Waals surface area (Å²) in [6.07, 6.45) is 0.341. The summed E-state index contributed by atoms with van der Waals surface area (Å²) >= 11 is 5.93. The third kappa shape index (κ3) is 4.26. The minimum absolute atomic E-state index is 0.0413. The molecule has 0 aliphatic rings. The van der Waals surface area contributed by atoms with Crippen LogP contribution in [-0.2, 0) is 20.6 Å². The number of nitrogens with two attached hydrogens (primary N) is 1. The minimum atomic E-state index is -3.02. The van der Waals surface area contributed by atoms with Crippen LogP contribution >= 0.6 is 11.6 Å². The second-order valence-electron chi connectivity index (χ2n) is 3.80. The Kier molecular flexibility index (Phi) is 5.62. The Balaban J connectivity index is 2.67. The Morgan fingerprint density at radius 2 is 2.06 bits per heavy atom. The summed E-state index contributed by atoms with van der Waals surface area (Å²) < 4.78 is 34.6. The Labute approximate surface area is 115 Å². The van der Waals surface area contributed by atoms with E-state index < -0.39 is 20.6 Å². The van der Waals surface area contributed by atoms with Crippen LogP contribution in [0.15, 0.2) is 23.1 Å². The highest BCUT2D eigenvalue weighted by molar-refractivity contribution is 7.91. The average molecular weight is 310 g/mol. The summed E-state index contributed by atoms with van der Waals surface area (Å²) in [6, 6.07) is 4.93. The largest absolute Gasteiger partial charge is 0.398 e. The van der Waals surface area contributed by atoms with Gasteiger partial charge in [0.1, 0.15) is 9.84 Å². The van der Waals surface area contributed by atoms with Gasteiger partial charge in [0.2, 0.25) is 0 Å². The van der Waals surface area contributed by atoms with E-state index in [9.17, 15) is 12.6 Å². The fourth-order valence-electron chi connectivity index (χ4n) is 1.42. The van der Waals surface area contributed by atoms with Crippen molar-refractivity contribution in [3.63, 3.8) is 0 Å². The lowest BCUT2D eigenvalue weighted by atomic mass is 10.3. The molecule has 4 nitrogen and oxygen atoms in total. The van der Waals surface area contributed by atoms with Crippen molar-refractivity contribution in [2.24, 2.45) is 0 Å². The third-order valence-electron chi connectivity index (χ3n) is 2.45. The summed E-state index contributed by atoms with van der Waals surface area (Å²) in [5.74, 6) is 0.390. The molecule has 0 spiro atoms. The molecular weight excluding hydrogens is 294 g/mol. The zero-order chi connectivity index (χ0) is 13.8. The lowest BCUT2D eigenvalue weighted by Crippen LogP contribution is -2.12. The van der Waals surface area contributed by atoms with Crippen molar-refractivity contribution in [3.05, 3.63) is 23.2 Å². The number of benzene rings is 1. The van der Waals surface area contributed by atoms with E-state index in [2.05, 4.69) is 0 Å². The summed E-state index contributed by atoms with van der Waals surface area (Å²) in [5, 5.41) is 0.353. The first kappa shape index (κ1) is 15.5. The fourth-order valence-corrected chi connectivity index (χ4v) is 4.14. The molecular formula is C11H16ClNO3S2. The molecule has 1 rings (SSSR count). The van der Waals surface area contributed by atoms with Gasteiger partial charge in [-0.1, -0.05) is 24.6 Å². The molecule has 0 bridgehead atoms. The quantitative estimate of drug-likeness (QED) is 0.814. The van der Waals surface area contributed by atoms with Gasteiger partial charge in [0.05, 0.1) is 26.5 Å². The average Bonchev–Trinajstić information content (AvgIpc) is 2.28. The number of hydrogen-bond acceptors (Lipinski definition) is 4. The summed E-state index contributed by atoms with van der Waals surface area (Å²) in [4.78, 5) is 0.396. The van der Waals surface area contributed by atoms with Crippen molar-refractivity contribution in [1.29, 1.82) is 0 Å². The van der Waals surface area contributed by atoms with Gasteiger partial charge in [0, 0.05) is 17.2 Å². The van der Waals surface area contributed by atoms with Crippen LogP contribution in [0.3, 0.4) is 0 Å². The predicted octanol–water partition coefficient (Wildman–Crippen LogP) is 1.85. The SMILES string of the molecule is CCS(=O)(=O)CCCS(=O)c1c(N)cccc1Cl. The van der Waals surface area contributed by atoms with Crippen LogP contribution in [0.4, 0.5) is 5.69 Å². The van der Waals surface area contributed by atoms with Crippen molar-refractivity contribution < 1.29 is 12.6 Å². The van der Waals surface area contributed by atoms with Gasteiger partial charge in [-0.15, -0.1) is 0 Å². The van der Waals surface area contributed by atoms with Gasteiger partial charge in [-0.2, -0.15) is 0 Å². The smallest absolute Gasteiger partial charge is 0.150 e. The molecule has 1 aromatic carbocycles. The zero-order valence-corrected chi connectivity index (χ0v) is 12.4. The van der Waals surface area contributed by atoms with Crippen LogP contribution < -0.4 is 5.73 Å². The second kappa shape index (κ2) is 6.54. The maximum absolute atomic E-state index is 12.0. The number of hydrogen-bond donors (Lipinski definition) is 1. The maximum atomic E-state index is 12.0. The lowest BCUT2D eigenvalue weighted by Gasteiger charge is -2.07. The highest BCUT2D eigenvalue weighted by atomic mass is 35.5. The van der Waals surface area contributed by atoms with E-state index in [-0.39, 0.29) is 17.3 Å². The summed E-state index contributed by atoms with van der Waals surface area (Å²) in [5.41, 5.74) is 6.08. The van der Waals surface area contributed by atoms with Gasteiger partial charge >= 0.3 is 0 Å². The highest BCUT2D eigenvalue weighted by Crippen LogP contribution is 2.26. The zero-order valence-electron chi connectivity index (χ0n) is 10.1. The van der Waals surface area contributed by atoms with E-state index in [0.717, 1.165) is 0 Å². The maximum Gasteiger partial charge on any atom is 0.150 e. The van der Waals surface area contributed by atoms with Gasteiger partial charge in [-0.05, 0) is 18.6 Å².